The first kappa shape index (κ1) is 40.0. The predicted molar refractivity (Wildman–Crippen MR) is 285 cm³/mol. The molecule has 1 unspecified atom stereocenters. The van der Waals surface area contributed by atoms with E-state index in [1.165, 1.54) is 81.4 Å². The SMILES string of the molecule is C1=CC2C(=CC(c3cccc(-c4cccc(-c5ccc6c(c5)sc5cc(-c7ccccc7-c7nc(-c8ccccc8)nc(-c8ccccc8)n7)ccc56)c4)c3)=C1)C1=C(C=CCC1)c1ccccc12. The number of allylic oxidation sites excluding steroid dienone is 10. The zero-order valence-electron chi connectivity index (χ0n) is 37.2. The van der Waals surface area contributed by atoms with Gasteiger partial charge in [-0.25, -0.2) is 15.0 Å². The summed E-state index contributed by atoms with van der Waals surface area (Å²) in [6.07, 6.45) is 16.3. The summed E-state index contributed by atoms with van der Waals surface area (Å²) in [4.78, 5) is 15.1. The van der Waals surface area contributed by atoms with Gasteiger partial charge in [-0.2, -0.15) is 0 Å². The van der Waals surface area contributed by atoms with Crippen molar-refractivity contribution in [3.63, 3.8) is 0 Å². The molecule has 0 aliphatic heterocycles. The Labute approximate surface area is 400 Å². The van der Waals surface area contributed by atoms with E-state index in [0.717, 1.165) is 40.7 Å². The molecule has 0 radical (unpaired) electrons. The highest BCUT2D eigenvalue weighted by molar-refractivity contribution is 7.25. The number of thiophene rings is 1. The monoisotopic (exact) mass is 885 g/mol. The number of hydrogen-bond acceptors (Lipinski definition) is 4. The molecule has 0 N–H and O–H groups in total. The van der Waals surface area contributed by atoms with Crippen LogP contribution in [0.15, 0.2) is 242 Å². The van der Waals surface area contributed by atoms with Crippen LogP contribution in [0.4, 0.5) is 0 Å². The highest BCUT2D eigenvalue weighted by Crippen LogP contribution is 2.49. The van der Waals surface area contributed by atoms with Gasteiger partial charge >= 0.3 is 0 Å². The average Bonchev–Trinajstić information content (AvgIpc) is 3.63. The summed E-state index contributed by atoms with van der Waals surface area (Å²) in [5, 5.41) is 2.53. The Morgan fingerprint density at radius 2 is 0.985 bits per heavy atom. The van der Waals surface area contributed by atoms with Crippen molar-refractivity contribution in [2.75, 3.05) is 0 Å². The molecule has 4 heteroatoms. The molecule has 0 amide bonds. The van der Waals surface area contributed by atoms with Crippen LogP contribution >= 0.6 is 11.3 Å². The maximum absolute atomic E-state index is 5.08. The normalized spacial score (nSPS) is 15.1. The van der Waals surface area contributed by atoms with Crippen LogP contribution in [0.25, 0.3) is 98.9 Å². The summed E-state index contributed by atoms with van der Waals surface area (Å²) in [5.41, 5.74) is 19.5. The second kappa shape index (κ2) is 16.8. The third-order valence-corrected chi connectivity index (χ3v) is 14.8. The number of hydrogen-bond donors (Lipinski definition) is 0. The van der Waals surface area contributed by atoms with Crippen molar-refractivity contribution >= 4 is 42.7 Å². The van der Waals surface area contributed by atoms with Gasteiger partial charge < -0.3 is 0 Å². The van der Waals surface area contributed by atoms with Crippen molar-refractivity contribution in [3.8, 4) is 67.5 Å². The summed E-state index contributed by atoms with van der Waals surface area (Å²) in [5.74, 6) is 2.22. The van der Waals surface area contributed by atoms with E-state index < -0.39 is 0 Å². The van der Waals surface area contributed by atoms with Gasteiger partial charge in [0.2, 0.25) is 0 Å². The fraction of sp³-hybridized carbons (Fsp3) is 0.0469. The van der Waals surface area contributed by atoms with Crippen LogP contribution < -0.4 is 0 Å². The van der Waals surface area contributed by atoms with Gasteiger partial charge in [0.15, 0.2) is 17.5 Å². The maximum Gasteiger partial charge on any atom is 0.164 e. The van der Waals surface area contributed by atoms with Gasteiger partial charge in [-0.1, -0.05) is 200 Å². The number of benzene rings is 8. The molecule has 3 aliphatic carbocycles. The molecule has 0 spiro atoms. The Hall–Kier alpha value is -8.31. The Morgan fingerprint density at radius 1 is 0.441 bits per heavy atom. The molecule has 0 fully saturated rings. The average molecular weight is 886 g/mol. The molecule has 0 bridgehead atoms. The number of rotatable bonds is 7. The highest BCUT2D eigenvalue weighted by atomic mass is 32.1. The Morgan fingerprint density at radius 3 is 1.69 bits per heavy atom. The maximum atomic E-state index is 5.08. The molecule has 3 nitrogen and oxygen atoms in total. The van der Waals surface area contributed by atoms with Gasteiger partial charge in [0.1, 0.15) is 0 Å². The van der Waals surface area contributed by atoms with E-state index in [1.807, 2.05) is 72.0 Å². The summed E-state index contributed by atoms with van der Waals surface area (Å²) in [6, 6.07) is 69.6. The van der Waals surface area contributed by atoms with Gasteiger partial charge in [-0.3, -0.25) is 0 Å². The van der Waals surface area contributed by atoms with E-state index in [-0.39, 0.29) is 5.92 Å². The topological polar surface area (TPSA) is 38.7 Å². The lowest BCUT2D eigenvalue weighted by Crippen LogP contribution is -2.14. The molecule has 0 saturated carbocycles. The summed E-state index contributed by atoms with van der Waals surface area (Å²) in [7, 11) is 0. The van der Waals surface area contributed by atoms with Crippen LogP contribution in [0.1, 0.15) is 35.4 Å². The largest absolute Gasteiger partial charge is 0.208 e. The van der Waals surface area contributed by atoms with Crippen molar-refractivity contribution in [1.29, 1.82) is 0 Å². The van der Waals surface area contributed by atoms with Crippen LogP contribution in [0.5, 0.6) is 0 Å². The minimum Gasteiger partial charge on any atom is -0.208 e. The predicted octanol–water partition coefficient (Wildman–Crippen LogP) is 17.0. The van der Waals surface area contributed by atoms with E-state index in [1.54, 1.807) is 0 Å². The fourth-order valence-electron chi connectivity index (χ4n) is 10.4. The third-order valence-electron chi connectivity index (χ3n) is 13.7. The second-order valence-electron chi connectivity index (χ2n) is 17.8. The number of nitrogens with zero attached hydrogens (tertiary/aromatic N) is 3. The van der Waals surface area contributed by atoms with Crippen molar-refractivity contribution in [1.82, 2.24) is 15.0 Å². The fourth-order valence-corrected chi connectivity index (χ4v) is 11.6. The van der Waals surface area contributed by atoms with Crippen LogP contribution in [-0.2, 0) is 0 Å². The molecule has 1 atom stereocenters. The lowest BCUT2D eigenvalue weighted by atomic mass is 9.72. The van der Waals surface area contributed by atoms with Gasteiger partial charge in [0, 0.05) is 42.8 Å². The standard InChI is InChI=1S/C64H43N3S/c1-3-16-41(17-4-1)62-65-63(42-18-5-2-6-19-42)67-64(66-62)58-30-12-7-25-50(58)49-33-35-57-56-34-32-48(39-60(56)68-61(57)40-49)46-23-14-21-44(37-46)43-20-13-22-45(36-43)47-24-15-31-55-53-28-9-8-26-51(53)52-27-10-11-29-54(52)59(55)38-47/h1-10,12-28,30-40,55H,11,29H2. The Bertz CT molecular complexity index is 3730. The van der Waals surface area contributed by atoms with Gasteiger partial charge in [0.05, 0.1) is 0 Å². The summed E-state index contributed by atoms with van der Waals surface area (Å²) < 4.78 is 2.51. The summed E-state index contributed by atoms with van der Waals surface area (Å²) in [6.45, 7) is 0. The Kier molecular flexibility index (Phi) is 9.91. The van der Waals surface area contributed by atoms with Crippen molar-refractivity contribution in [2.45, 2.75) is 18.8 Å². The van der Waals surface area contributed by atoms with Crippen LogP contribution in [0, 0.1) is 0 Å². The Balaban J connectivity index is 0.820. The van der Waals surface area contributed by atoms with Gasteiger partial charge in [0.25, 0.3) is 0 Å². The molecule has 320 valence electrons. The van der Waals surface area contributed by atoms with Gasteiger partial charge in [-0.15, -0.1) is 11.3 Å². The zero-order valence-corrected chi connectivity index (χ0v) is 38.0. The first-order valence-electron chi connectivity index (χ1n) is 23.4. The quantitative estimate of drug-likeness (QED) is 0.160. The van der Waals surface area contributed by atoms with E-state index in [9.17, 15) is 0 Å². The minimum absolute atomic E-state index is 0.262. The van der Waals surface area contributed by atoms with E-state index in [0.29, 0.717) is 17.5 Å². The molecule has 0 saturated heterocycles. The number of fused-ring (bicyclic) bond motifs is 8. The van der Waals surface area contributed by atoms with Crippen molar-refractivity contribution in [2.24, 2.45) is 0 Å². The lowest BCUT2D eigenvalue weighted by Gasteiger charge is -2.32. The van der Waals surface area contributed by atoms with Crippen molar-refractivity contribution < 1.29 is 0 Å². The van der Waals surface area contributed by atoms with Crippen LogP contribution in [0.3, 0.4) is 0 Å². The van der Waals surface area contributed by atoms with Crippen LogP contribution in [-0.4, -0.2) is 15.0 Å². The third kappa shape index (κ3) is 7.18. The first-order chi connectivity index (χ1) is 33.7. The van der Waals surface area contributed by atoms with E-state index in [4.69, 9.17) is 15.0 Å². The molecular formula is C64H43N3S. The van der Waals surface area contributed by atoms with Crippen molar-refractivity contribution in [3.05, 3.63) is 258 Å². The lowest BCUT2D eigenvalue weighted by molar-refractivity contribution is 0.893. The van der Waals surface area contributed by atoms with Gasteiger partial charge in [-0.05, 0) is 116 Å². The van der Waals surface area contributed by atoms with Crippen LogP contribution in [0.2, 0.25) is 0 Å². The number of aromatic nitrogens is 3. The summed E-state index contributed by atoms with van der Waals surface area (Å²) >= 11 is 1.85. The molecule has 68 heavy (non-hydrogen) atoms. The second-order valence-corrected chi connectivity index (χ2v) is 18.9. The molecule has 3 aliphatic rings. The molecule has 2 heterocycles. The van der Waals surface area contributed by atoms with E-state index in [2.05, 4.69) is 170 Å². The molecule has 8 aromatic carbocycles. The first-order valence-corrected chi connectivity index (χ1v) is 24.2. The zero-order chi connectivity index (χ0) is 45.0. The molecular weight excluding hydrogens is 843 g/mol. The highest BCUT2D eigenvalue weighted by Gasteiger charge is 2.30. The minimum atomic E-state index is 0.262. The molecule has 2 aromatic heterocycles. The smallest absolute Gasteiger partial charge is 0.164 e. The van der Waals surface area contributed by atoms with E-state index >= 15 is 0 Å². The molecule has 13 rings (SSSR count). The molecule has 10 aromatic rings.